The molecule has 0 amide bonds. The number of nitrogens with zero attached hydrogens (tertiary/aromatic N) is 1. The normalized spacial score (nSPS) is 10.7. The van der Waals surface area contributed by atoms with E-state index in [1.807, 2.05) is 54.6 Å². The molecule has 6 nitrogen and oxygen atoms in total. The fourth-order valence-electron chi connectivity index (χ4n) is 3.72. The molecule has 3 rings (SSSR count). The molecule has 0 bridgehead atoms. The predicted octanol–water partition coefficient (Wildman–Crippen LogP) is 5.00. The summed E-state index contributed by atoms with van der Waals surface area (Å²) in [5.74, 6) is 2.62. The number of benzene rings is 3. The SMILES string of the molecule is COc1ccc(C(=O)CCN(Cc2ccccc2)Cc2cc(OC)c(OC)c(OC)c2)cc1. The second kappa shape index (κ2) is 11.9. The van der Waals surface area contributed by atoms with E-state index in [1.165, 1.54) is 5.56 Å². The fourth-order valence-corrected chi connectivity index (χ4v) is 3.72. The van der Waals surface area contributed by atoms with Gasteiger partial charge in [-0.15, -0.1) is 0 Å². The molecule has 0 saturated heterocycles. The van der Waals surface area contributed by atoms with Crippen molar-refractivity contribution in [2.45, 2.75) is 19.5 Å². The molecule has 6 heteroatoms. The zero-order valence-corrected chi connectivity index (χ0v) is 19.7. The van der Waals surface area contributed by atoms with Crippen LogP contribution in [0.25, 0.3) is 0 Å². The lowest BCUT2D eigenvalue weighted by atomic mass is 10.1. The van der Waals surface area contributed by atoms with E-state index in [-0.39, 0.29) is 5.78 Å². The molecule has 0 unspecified atom stereocenters. The highest BCUT2D eigenvalue weighted by atomic mass is 16.5. The van der Waals surface area contributed by atoms with Crippen molar-refractivity contribution in [2.24, 2.45) is 0 Å². The number of rotatable bonds is 12. The number of Topliss-reactive ketones (excluding diaryl/α,β-unsaturated/α-hetero) is 1. The molecule has 0 fully saturated rings. The maximum atomic E-state index is 12.8. The first-order valence-electron chi connectivity index (χ1n) is 10.8. The number of carbonyl (C=O) groups excluding carboxylic acids is 1. The Kier molecular flexibility index (Phi) is 8.72. The molecule has 0 aliphatic heterocycles. The summed E-state index contributed by atoms with van der Waals surface area (Å²) in [4.78, 5) is 15.1. The third-order valence-corrected chi connectivity index (χ3v) is 5.45. The van der Waals surface area contributed by atoms with E-state index in [9.17, 15) is 4.79 Å². The van der Waals surface area contributed by atoms with Crippen molar-refractivity contribution < 1.29 is 23.7 Å². The van der Waals surface area contributed by atoms with Crippen molar-refractivity contribution in [2.75, 3.05) is 35.0 Å². The first-order valence-corrected chi connectivity index (χ1v) is 10.8. The molecule has 0 spiro atoms. The Labute approximate surface area is 195 Å². The Bertz CT molecular complexity index is 1010. The Morgan fingerprint density at radius 3 is 1.88 bits per heavy atom. The lowest BCUT2D eigenvalue weighted by molar-refractivity contribution is 0.0960. The molecule has 0 aromatic heterocycles. The van der Waals surface area contributed by atoms with Crippen molar-refractivity contribution >= 4 is 5.78 Å². The average Bonchev–Trinajstić information content (AvgIpc) is 2.87. The maximum absolute atomic E-state index is 12.8. The van der Waals surface area contributed by atoms with E-state index in [1.54, 1.807) is 28.4 Å². The third-order valence-electron chi connectivity index (χ3n) is 5.45. The van der Waals surface area contributed by atoms with E-state index in [4.69, 9.17) is 18.9 Å². The number of ether oxygens (including phenoxy) is 4. The highest BCUT2D eigenvalue weighted by molar-refractivity contribution is 5.96. The lowest BCUT2D eigenvalue weighted by Crippen LogP contribution is -2.26. The van der Waals surface area contributed by atoms with Crippen LogP contribution in [0.5, 0.6) is 23.0 Å². The minimum atomic E-state index is 0.0978. The first kappa shape index (κ1) is 24.1. The minimum absolute atomic E-state index is 0.0978. The monoisotopic (exact) mass is 449 g/mol. The number of hydrogen-bond acceptors (Lipinski definition) is 6. The Balaban J connectivity index is 1.78. The van der Waals surface area contributed by atoms with Gasteiger partial charge >= 0.3 is 0 Å². The van der Waals surface area contributed by atoms with Gasteiger partial charge < -0.3 is 18.9 Å². The van der Waals surface area contributed by atoms with Crippen molar-refractivity contribution in [1.82, 2.24) is 4.90 Å². The van der Waals surface area contributed by atoms with E-state index >= 15 is 0 Å². The van der Waals surface area contributed by atoms with Crippen LogP contribution in [-0.4, -0.2) is 45.7 Å². The zero-order chi connectivity index (χ0) is 23.6. The smallest absolute Gasteiger partial charge is 0.203 e. The Hall–Kier alpha value is -3.51. The molecule has 0 aliphatic carbocycles. The second-order valence-corrected chi connectivity index (χ2v) is 7.63. The lowest BCUT2D eigenvalue weighted by Gasteiger charge is -2.23. The maximum Gasteiger partial charge on any atom is 0.203 e. The van der Waals surface area contributed by atoms with Crippen LogP contribution in [0.2, 0.25) is 0 Å². The summed E-state index contributed by atoms with van der Waals surface area (Å²) < 4.78 is 21.6. The average molecular weight is 450 g/mol. The van der Waals surface area contributed by atoms with Crippen molar-refractivity contribution in [3.8, 4) is 23.0 Å². The summed E-state index contributed by atoms with van der Waals surface area (Å²) in [6, 6.07) is 21.4. The second-order valence-electron chi connectivity index (χ2n) is 7.63. The largest absolute Gasteiger partial charge is 0.497 e. The van der Waals surface area contributed by atoms with Crippen molar-refractivity contribution in [3.05, 3.63) is 83.4 Å². The molecule has 0 aliphatic rings. The number of hydrogen-bond donors (Lipinski definition) is 0. The van der Waals surface area contributed by atoms with Crippen molar-refractivity contribution in [1.29, 1.82) is 0 Å². The van der Waals surface area contributed by atoms with Gasteiger partial charge in [0.2, 0.25) is 5.75 Å². The molecule has 0 atom stereocenters. The zero-order valence-electron chi connectivity index (χ0n) is 19.7. The molecular formula is C27H31NO5. The van der Waals surface area contributed by atoms with Gasteiger partial charge in [-0.25, -0.2) is 0 Å². The highest BCUT2D eigenvalue weighted by Crippen LogP contribution is 2.38. The van der Waals surface area contributed by atoms with Crippen LogP contribution in [0.3, 0.4) is 0 Å². The van der Waals surface area contributed by atoms with Gasteiger partial charge in [0, 0.05) is 31.6 Å². The topological polar surface area (TPSA) is 57.2 Å². The van der Waals surface area contributed by atoms with Gasteiger partial charge in [-0.2, -0.15) is 0 Å². The van der Waals surface area contributed by atoms with Gasteiger partial charge in [0.25, 0.3) is 0 Å². The molecule has 0 saturated carbocycles. The van der Waals surface area contributed by atoms with Gasteiger partial charge in [-0.05, 0) is 47.5 Å². The van der Waals surface area contributed by atoms with E-state index in [0.29, 0.717) is 48.9 Å². The van der Waals surface area contributed by atoms with Crippen LogP contribution < -0.4 is 18.9 Å². The summed E-state index contributed by atoms with van der Waals surface area (Å²) in [7, 11) is 6.42. The number of methoxy groups -OCH3 is 4. The highest BCUT2D eigenvalue weighted by Gasteiger charge is 2.17. The van der Waals surface area contributed by atoms with Crippen LogP contribution >= 0.6 is 0 Å². The van der Waals surface area contributed by atoms with E-state index in [0.717, 1.165) is 11.3 Å². The predicted molar refractivity (Wildman–Crippen MR) is 129 cm³/mol. The molecular weight excluding hydrogens is 418 g/mol. The van der Waals surface area contributed by atoms with E-state index < -0.39 is 0 Å². The molecule has 3 aromatic rings. The van der Waals surface area contributed by atoms with Gasteiger partial charge in [0.05, 0.1) is 28.4 Å². The Morgan fingerprint density at radius 1 is 0.727 bits per heavy atom. The summed E-state index contributed by atoms with van der Waals surface area (Å²) in [6.45, 7) is 1.95. The van der Waals surface area contributed by atoms with E-state index in [2.05, 4.69) is 17.0 Å². The van der Waals surface area contributed by atoms with Gasteiger partial charge in [-0.1, -0.05) is 30.3 Å². The molecule has 33 heavy (non-hydrogen) atoms. The molecule has 0 heterocycles. The molecule has 3 aromatic carbocycles. The minimum Gasteiger partial charge on any atom is -0.497 e. The van der Waals surface area contributed by atoms with Crippen LogP contribution in [0.15, 0.2) is 66.7 Å². The Morgan fingerprint density at radius 2 is 1.33 bits per heavy atom. The van der Waals surface area contributed by atoms with Crippen LogP contribution in [0, 0.1) is 0 Å². The summed E-state index contributed by atoms with van der Waals surface area (Å²) in [6.07, 6.45) is 0.406. The molecule has 174 valence electrons. The summed E-state index contributed by atoms with van der Waals surface area (Å²) in [5.41, 5.74) is 2.88. The summed E-state index contributed by atoms with van der Waals surface area (Å²) >= 11 is 0. The standard InChI is InChI=1S/C27H31NO5/c1-30-23-12-10-22(11-13-23)24(29)14-15-28(18-20-8-6-5-7-9-20)19-21-16-25(31-2)27(33-4)26(17-21)32-3/h5-13,16-17H,14-15,18-19H2,1-4H3. The summed E-state index contributed by atoms with van der Waals surface area (Å²) in [5, 5.41) is 0. The third kappa shape index (κ3) is 6.49. The van der Waals surface area contributed by atoms with Crippen LogP contribution in [0.1, 0.15) is 27.9 Å². The van der Waals surface area contributed by atoms with Crippen molar-refractivity contribution in [3.63, 3.8) is 0 Å². The number of carbonyl (C=O) groups is 1. The molecule has 0 N–H and O–H groups in total. The van der Waals surface area contributed by atoms with Gasteiger partial charge in [-0.3, -0.25) is 9.69 Å². The molecule has 0 radical (unpaired) electrons. The first-order chi connectivity index (χ1) is 16.1. The van der Waals surface area contributed by atoms with Gasteiger partial charge in [0.1, 0.15) is 5.75 Å². The number of ketones is 1. The van der Waals surface area contributed by atoms with Gasteiger partial charge in [0.15, 0.2) is 17.3 Å². The van der Waals surface area contributed by atoms with Crippen LogP contribution in [-0.2, 0) is 13.1 Å². The van der Waals surface area contributed by atoms with Crippen LogP contribution in [0.4, 0.5) is 0 Å². The fraction of sp³-hybridized carbons (Fsp3) is 0.296. The quantitative estimate of drug-likeness (QED) is 0.363.